The largest absolute Gasteiger partial charge is 0.336 e. The molecular weight excluding hydrogens is 338 g/mol. The van der Waals surface area contributed by atoms with Crippen molar-refractivity contribution in [1.29, 1.82) is 0 Å². The van der Waals surface area contributed by atoms with Crippen LogP contribution in [-0.4, -0.2) is 49.9 Å². The van der Waals surface area contributed by atoms with E-state index < -0.39 is 5.25 Å². The topological polar surface area (TPSA) is 80.1 Å². The van der Waals surface area contributed by atoms with Crippen LogP contribution in [0.3, 0.4) is 0 Å². The normalized spacial score (nSPS) is 18.3. The molecule has 2 aromatic rings. The second kappa shape index (κ2) is 6.51. The zero-order valence-corrected chi connectivity index (χ0v) is 14.7. The number of nitrogens with zero attached hydrogens (tertiary/aromatic N) is 4. The molecule has 0 radical (unpaired) electrons. The number of rotatable bonds is 5. The highest BCUT2D eigenvalue weighted by atomic mass is 32.2. The van der Waals surface area contributed by atoms with E-state index in [4.69, 9.17) is 0 Å². The lowest BCUT2D eigenvalue weighted by Crippen LogP contribution is -2.39. The summed E-state index contributed by atoms with van der Waals surface area (Å²) in [7, 11) is 0. The van der Waals surface area contributed by atoms with E-state index in [0.717, 1.165) is 24.4 Å². The van der Waals surface area contributed by atoms with Gasteiger partial charge in [-0.2, -0.15) is 0 Å². The summed E-state index contributed by atoms with van der Waals surface area (Å²) in [6.45, 7) is 2.73. The van der Waals surface area contributed by atoms with E-state index in [2.05, 4.69) is 15.4 Å². The minimum Gasteiger partial charge on any atom is -0.336 e. The summed E-state index contributed by atoms with van der Waals surface area (Å²) < 4.78 is 1.80. The number of para-hydroxylation sites is 1. The fraction of sp³-hybridized carbons (Fsp3) is 0.412. The average Bonchev–Trinajstić information content (AvgIpc) is 3.26. The fourth-order valence-corrected chi connectivity index (χ4v) is 3.69. The van der Waals surface area contributed by atoms with Crippen molar-refractivity contribution >= 4 is 23.7 Å². The van der Waals surface area contributed by atoms with Crippen LogP contribution in [0.15, 0.2) is 35.5 Å². The van der Waals surface area contributed by atoms with Crippen molar-refractivity contribution in [3.8, 4) is 5.69 Å². The molecule has 1 aliphatic heterocycles. The first-order valence-corrected chi connectivity index (χ1v) is 9.29. The number of nitrogens with one attached hydrogen (secondary N) is 1. The molecule has 1 saturated carbocycles. The lowest BCUT2D eigenvalue weighted by atomic mass is 10.3. The average molecular weight is 357 g/mol. The summed E-state index contributed by atoms with van der Waals surface area (Å²) in [5.41, 5.74) is 0.919. The number of urea groups is 1. The number of carbonyl (C=O) groups is 2. The molecule has 2 heterocycles. The summed E-state index contributed by atoms with van der Waals surface area (Å²) in [5, 5.41) is 7.58. The number of hydrogen-bond acceptors (Lipinski definition) is 5. The smallest absolute Gasteiger partial charge is 0.324 e. The Balaban J connectivity index is 1.58. The van der Waals surface area contributed by atoms with Crippen LogP contribution in [0.5, 0.6) is 0 Å². The zero-order chi connectivity index (χ0) is 17.4. The molecule has 130 valence electrons. The lowest BCUT2D eigenvalue weighted by molar-refractivity contribution is -0.126. The lowest BCUT2D eigenvalue weighted by Gasteiger charge is -2.17. The van der Waals surface area contributed by atoms with Crippen LogP contribution >= 0.6 is 11.8 Å². The van der Waals surface area contributed by atoms with Gasteiger partial charge in [-0.15, -0.1) is 5.10 Å². The minimum atomic E-state index is -0.414. The number of imide groups is 1. The van der Waals surface area contributed by atoms with Gasteiger partial charge in [0.2, 0.25) is 5.91 Å². The molecule has 0 unspecified atom stereocenters. The highest BCUT2D eigenvalue weighted by molar-refractivity contribution is 8.00. The molecule has 4 rings (SSSR count). The van der Waals surface area contributed by atoms with Crippen LogP contribution in [0.4, 0.5) is 4.79 Å². The molecule has 0 spiro atoms. The van der Waals surface area contributed by atoms with E-state index in [1.807, 2.05) is 30.3 Å². The highest BCUT2D eigenvalue weighted by Gasteiger charge is 2.33. The molecule has 7 nitrogen and oxygen atoms in total. The van der Waals surface area contributed by atoms with Gasteiger partial charge in [-0.05, 0) is 31.9 Å². The molecule has 3 amide bonds. The molecule has 1 saturated heterocycles. The maximum absolute atomic E-state index is 12.5. The van der Waals surface area contributed by atoms with Crippen LogP contribution in [0.25, 0.3) is 5.69 Å². The Kier molecular flexibility index (Phi) is 4.20. The molecule has 8 heteroatoms. The van der Waals surface area contributed by atoms with E-state index >= 15 is 0 Å². The van der Waals surface area contributed by atoms with Gasteiger partial charge in [-0.25, -0.2) is 14.5 Å². The number of benzene rings is 1. The molecule has 1 aromatic heterocycles. The van der Waals surface area contributed by atoms with E-state index in [0.29, 0.717) is 24.2 Å². The van der Waals surface area contributed by atoms with Gasteiger partial charge in [0.25, 0.3) is 0 Å². The summed E-state index contributed by atoms with van der Waals surface area (Å²) in [5.74, 6) is 1.07. The molecule has 2 aliphatic rings. The summed E-state index contributed by atoms with van der Waals surface area (Å²) in [6, 6.07) is 9.47. The van der Waals surface area contributed by atoms with Gasteiger partial charge in [-0.1, -0.05) is 30.0 Å². The van der Waals surface area contributed by atoms with Crippen molar-refractivity contribution in [2.45, 2.75) is 36.1 Å². The van der Waals surface area contributed by atoms with Crippen LogP contribution in [0.1, 0.15) is 31.5 Å². The number of thioether (sulfide) groups is 1. The molecule has 0 bridgehead atoms. The zero-order valence-electron chi connectivity index (χ0n) is 13.9. The summed E-state index contributed by atoms with van der Waals surface area (Å²) >= 11 is 1.35. The first kappa shape index (κ1) is 16.1. The molecule has 2 fully saturated rings. The van der Waals surface area contributed by atoms with E-state index in [-0.39, 0.29) is 11.9 Å². The standard InChI is InChI=1S/C17H19N5O2S/c1-11(15(23)21-10-9-18-16(21)24)25-17-19-14(12-7-8-12)20-22(17)13-5-3-2-4-6-13/h2-6,11-12H,7-10H2,1H3,(H,18,24)/t11-/m0/s1. The quantitative estimate of drug-likeness (QED) is 0.830. The van der Waals surface area contributed by atoms with Crippen LogP contribution in [-0.2, 0) is 4.79 Å². The Bertz CT molecular complexity index is 803. The molecular formula is C17H19N5O2S. The van der Waals surface area contributed by atoms with E-state index in [1.165, 1.54) is 16.7 Å². The Morgan fingerprint density at radius 3 is 2.72 bits per heavy atom. The Morgan fingerprint density at radius 2 is 2.08 bits per heavy atom. The van der Waals surface area contributed by atoms with Crippen LogP contribution in [0.2, 0.25) is 0 Å². The highest BCUT2D eigenvalue weighted by Crippen LogP contribution is 2.39. The number of aromatic nitrogens is 3. The van der Waals surface area contributed by atoms with Gasteiger partial charge >= 0.3 is 6.03 Å². The van der Waals surface area contributed by atoms with Gasteiger partial charge in [-0.3, -0.25) is 9.69 Å². The maximum Gasteiger partial charge on any atom is 0.324 e. The Morgan fingerprint density at radius 1 is 1.32 bits per heavy atom. The SMILES string of the molecule is C[C@H](Sc1nc(C2CC2)nn1-c1ccccc1)C(=O)N1CCNC1=O. The molecule has 1 aliphatic carbocycles. The molecule has 1 aromatic carbocycles. The van der Waals surface area contributed by atoms with Gasteiger partial charge < -0.3 is 5.32 Å². The van der Waals surface area contributed by atoms with Crippen LogP contribution in [0, 0.1) is 0 Å². The van der Waals surface area contributed by atoms with Crippen molar-refractivity contribution in [2.75, 3.05) is 13.1 Å². The number of amides is 3. The number of carbonyl (C=O) groups excluding carboxylic acids is 2. The van der Waals surface area contributed by atoms with Gasteiger partial charge in [0.15, 0.2) is 11.0 Å². The monoisotopic (exact) mass is 357 g/mol. The molecule has 25 heavy (non-hydrogen) atoms. The van der Waals surface area contributed by atoms with Gasteiger partial charge in [0, 0.05) is 19.0 Å². The third kappa shape index (κ3) is 3.26. The molecule has 1 N–H and O–H groups in total. The fourth-order valence-electron chi connectivity index (χ4n) is 2.75. The van der Waals surface area contributed by atoms with E-state index in [9.17, 15) is 9.59 Å². The Labute approximate surface area is 149 Å². The van der Waals surface area contributed by atoms with Crippen molar-refractivity contribution in [3.05, 3.63) is 36.2 Å². The first-order valence-electron chi connectivity index (χ1n) is 8.41. The summed E-state index contributed by atoms with van der Waals surface area (Å²) in [6.07, 6.45) is 2.23. The maximum atomic E-state index is 12.5. The summed E-state index contributed by atoms with van der Waals surface area (Å²) in [4.78, 5) is 30.2. The molecule has 1 atom stereocenters. The number of hydrogen-bond donors (Lipinski definition) is 1. The second-order valence-corrected chi connectivity index (χ2v) is 7.56. The van der Waals surface area contributed by atoms with Crippen molar-refractivity contribution in [2.24, 2.45) is 0 Å². The van der Waals surface area contributed by atoms with Crippen molar-refractivity contribution < 1.29 is 9.59 Å². The Hall–Kier alpha value is -2.35. The van der Waals surface area contributed by atoms with Crippen molar-refractivity contribution in [1.82, 2.24) is 25.0 Å². The second-order valence-electron chi connectivity index (χ2n) is 6.26. The first-order chi connectivity index (χ1) is 12.1. The van der Waals surface area contributed by atoms with Crippen LogP contribution < -0.4 is 5.32 Å². The van der Waals surface area contributed by atoms with Crippen molar-refractivity contribution in [3.63, 3.8) is 0 Å². The third-order valence-electron chi connectivity index (χ3n) is 4.29. The van der Waals surface area contributed by atoms with E-state index in [1.54, 1.807) is 11.6 Å². The predicted octanol–water partition coefficient (Wildman–Crippen LogP) is 2.18. The third-order valence-corrected chi connectivity index (χ3v) is 5.32. The van der Waals surface area contributed by atoms with Gasteiger partial charge in [0.1, 0.15) is 0 Å². The predicted molar refractivity (Wildman–Crippen MR) is 93.8 cm³/mol. The minimum absolute atomic E-state index is 0.199. The van der Waals surface area contributed by atoms with Gasteiger partial charge in [0.05, 0.1) is 10.9 Å².